The third-order valence-corrected chi connectivity index (χ3v) is 7.20. The van der Waals surface area contributed by atoms with Gasteiger partial charge in [0, 0.05) is 6.54 Å². The fourth-order valence-corrected chi connectivity index (χ4v) is 6.65. The maximum Gasteiger partial charge on any atom is 0.411 e. The maximum atomic E-state index is 13.3. The van der Waals surface area contributed by atoms with Crippen LogP contribution in [-0.2, 0) is 9.53 Å². The van der Waals surface area contributed by atoms with Gasteiger partial charge in [0.2, 0.25) is 5.91 Å². The lowest BCUT2D eigenvalue weighted by molar-refractivity contribution is -0.175. The van der Waals surface area contributed by atoms with Crippen LogP contribution in [0.25, 0.3) is 0 Å². The van der Waals surface area contributed by atoms with Crippen molar-refractivity contribution in [3.8, 4) is 6.07 Å². The molecule has 4 saturated carbocycles. The van der Waals surface area contributed by atoms with Crippen molar-refractivity contribution >= 4 is 12.0 Å². The SMILES string of the molecule is CC(C)(C)OC(=O)N(CC(=O)N1CCC[C@H]1C#N)C12CC3CC(CC(O)(C3)C1)C2. The maximum absolute atomic E-state index is 13.3. The van der Waals surface area contributed by atoms with Gasteiger partial charge >= 0.3 is 6.09 Å². The molecule has 160 valence electrons. The van der Waals surface area contributed by atoms with Gasteiger partial charge < -0.3 is 14.7 Å². The second-order valence-electron chi connectivity index (χ2n) is 10.9. The first-order chi connectivity index (χ1) is 13.5. The van der Waals surface area contributed by atoms with Crippen LogP contribution in [0.4, 0.5) is 4.79 Å². The molecule has 4 aliphatic carbocycles. The average molecular weight is 404 g/mol. The van der Waals surface area contributed by atoms with Crippen molar-refractivity contribution in [2.75, 3.05) is 13.1 Å². The van der Waals surface area contributed by atoms with E-state index in [2.05, 4.69) is 6.07 Å². The first-order valence-electron chi connectivity index (χ1n) is 10.9. The minimum absolute atomic E-state index is 0.0807. The number of nitrogens with zero attached hydrogens (tertiary/aromatic N) is 3. The lowest BCUT2D eigenvalue weighted by Crippen LogP contribution is -2.68. The largest absolute Gasteiger partial charge is 0.444 e. The smallest absolute Gasteiger partial charge is 0.411 e. The van der Waals surface area contributed by atoms with Crippen molar-refractivity contribution in [1.82, 2.24) is 9.80 Å². The van der Waals surface area contributed by atoms with Crippen LogP contribution in [-0.4, -0.2) is 62.8 Å². The summed E-state index contributed by atoms with van der Waals surface area (Å²) in [7, 11) is 0. The molecule has 0 aromatic carbocycles. The van der Waals surface area contributed by atoms with Crippen molar-refractivity contribution in [2.24, 2.45) is 11.8 Å². The van der Waals surface area contributed by atoms with Gasteiger partial charge in [-0.2, -0.15) is 5.26 Å². The highest BCUT2D eigenvalue weighted by Crippen LogP contribution is 2.59. The summed E-state index contributed by atoms with van der Waals surface area (Å²) in [5.74, 6) is 0.586. The quantitative estimate of drug-likeness (QED) is 0.782. The minimum Gasteiger partial charge on any atom is -0.444 e. The summed E-state index contributed by atoms with van der Waals surface area (Å²) in [6.07, 6.45) is 5.86. The summed E-state index contributed by atoms with van der Waals surface area (Å²) < 4.78 is 5.71. The van der Waals surface area contributed by atoms with E-state index < -0.39 is 28.9 Å². The van der Waals surface area contributed by atoms with Gasteiger partial charge in [0.25, 0.3) is 0 Å². The van der Waals surface area contributed by atoms with Crippen LogP contribution in [0.5, 0.6) is 0 Å². The van der Waals surface area contributed by atoms with E-state index in [1.54, 1.807) is 9.80 Å². The van der Waals surface area contributed by atoms with Crippen LogP contribution in [0, 0.1) is 23.2 Å². The molecule has 5 aliphatic rings. The number of carbonyl (C=O) groups excluding carboxylic acids is 2. The monoisotopic (exact) mass is 403 g/mol. The standard InChI is InChI=1S/C22H33N3O4/c1-20(2,3)29-19(27)25(13-18(26)24-6-4-5-17(24)12-23)21-8-15-7-16(9-21)11-22(28,10-15)14-21/h15-17,28H,4-11,13-14H2,1-3H3/t15?,16?,17-,21?,22?/m0/s1. The molecule has 2 unspecified atom stereocenters. The summed E-state index contributed by atoms with van der Waals surface area (Å²) in [4.78, 5) is 29.6. The Morgan fingerprint density at radius 3 is 2.45 bits per heavy atom. The van der Waals surface area contributed by atoms with Crippen LogP contribution < -0.4 is 0 Å². The van der Waals surface area contributed by atoms with Gasteiger partial charge in [-0.25, -0.2) is 4.79 Å². The Bertz CT molecular complexity index is 723. The van der Waals surface area contributed by atoms with E-state index in [-0.39, 0.29) is 12.5 Å². The molecule has 0 aromatic heterocycles. The predicted molar refractivity (Wildman–Crippen MR) is 106 cm³/mol. The fourth-order valence-electron chi connectivity index (χ4n) is 6.65. The number of likely N-dealkylation sites (tertiary alicyclic amines) is 1. The molecule has 1 saturated heterocycles. The molecule has 2 amide bonds. The van der Waals surface area contributed by atoms with Crippen molar-refractivity contribution in [3.63, 3.8) is 0 Å². The van der Waals surface area contributed by atoms with Gasteiger partial charge in [0.1, 0.15) is 18.2 Å². The molecule has 4 bridgehead atoms. The highest BCUT2D eigenvalue weighted by Gasteiger charge is 2.61. The molecule has 0 aromatic rings. The van der Waals surface area contributed by atoms with Gasteiger partial charge in [0.15, 0.2) is 0 Å². The molecule has 1 N–H and O–H groups in total. The molecular weight excluding hydrogens is 370 g/mol. The molecule has 7 nitrogen and oxygen atoms in total. The zero-order valence-electron chi connectivity index (χ0n) is 17.8. The summed E-state index contributed by atoms with van der Waals surface area (Å²) in [6.45, 7) is 5.95. The number of hydrogen-bond donors (Lipinski definition) is 1. The van der Waals surface area contributed by atoms with Gasteiger partial charge in [-0.15, -0.1) is 0 Å². The van der Waals surface area contributed by atoms with Gasteiger partial charge in [-0.3, -0.25) is 9.69 Å². The molecule has 7 heteroatoms. The third-order valence-electron chi connectivity index (χ3n) is 7.20. The Morgan fingerprint density at radius 1 is 1.24 bits per heavy atom. The summed E-state index contributed by atoms with van der Waals surface area (Å²) in [6, 6.07) is 1.79. The van der Waals surface area contributed by atoms with E-state index in [9.17, 15) is 20.0 Å². The lowest BCUT2D eigenvalue weighted by atomic mass is 9.50. The molecule has 0 spiro atoms. The van der Waals surface area contributed by atoms with Crippen LogP contribution in [0.2, 0.25) is 0 Å². The average Bonchev–Trinajstić information content (AvgIpc) is 3.04. The number of amides is 2. The van der Waals surface area contributed by atoms with E-state index in [1.165, 1.54) is 0 Å². The Balaban J connectivity index is 1.62. The second kappa shape index (κ2) is 6.87. The molecule has 29 heavy (non-hydrogen) atoms. The first kappa shape index (κ1) is 20.5. The molecule has 1 heterocycles. The van der Waals surface area contributed by atoms with Crippen molar-refractivity contribution in [1.29, 1.82) is 5.26 Å². The van der Waals surface area contributed by atoms with E-state index >= 15 is 0 Å². The molecule has 3 atom stereocenters. The number of ether oxygens (including phenoxy) is 1. The number of hydrogen-bond acceptors (Lipinski definition) is 5. The van der Waals surface area contributed by atoms with E-state index in [4.69, 9.17) is 4.74 Å². The molecular formula is C22H33N3O4. The number of nitriles is 1. The minimum atomic E-state index is -0.740. The molecule has 0 radical (unpaired) electrons. The van der Waals surface area contributed by atoms with Crippen LogP contribution in [0.1, 0.15) is 72.1 Å². The highest BCUT2D eigenvalue weighted by atomic mass is 16.6. The number of rotatable bonds is 3. The lowest BCUT2D eigenvalue weighted by Gasteiger charge is -2.62. The topological polar surface area (TPSA) is 93.9 Å². The van der Waals surface area contributed by atoms with E-state index in [1.807, 2.05) is 20.8 Å². The van der Waals surface area contributed by atoms with E-state index in [0.717, 1.165) is 38.5 Å². The summed E-state index contributed by atoms with van der Waals surface area (Å²) in [5, 5.41) is 20.5. The molecule has 1 aliphatic heterocycles. The zero-order chi connectivity index (χ0) is 21.0. The van der Waals surface area contributed by atoms with Gasteiger partial charge in [-0.05, 0) is 84.0 Å². The van der Waals surface area contributed by atoms with Crippen LogP contribution in [0.15, 0.2) is 0 Å². The fraction of sp³-hybridized carbons (Fsp3) is 0.864. The Morgan fingerprint density at radius 2 is 1.90 bits per heavy atom. The normalized spacial score (nSPS) is 38.0. The van der Waals surface area contributed by atoms with Crippen LogP contribution >= 0.6 is 0 Å². The van der Waals surface area contributed by atoms with Crippen molar-refractivity contribution < 1.29 is 19.4 Å². The number of carbonyl (C=O) groups is 2. The summed E-state index contributed by atoms with van der Waals surface area (Å²) >= 11 is 0. The Labute approximate surface area is 173 Å². The Hall–Kier alpha value is -1.81. The van der Waals surface area contributed by atoms with Gasteiger partial charge in [0.05, 0.1) is 17.2 Å². The van der Waals surface area contributed by atoms with Crippen molar-refractivity contribution in [3.05, 3.63) is 0 Å². The van der Waals surface area contributed by atoms with Gasteiger partial charge in [-0.1, -0.05) is 0 Å². The number of aliphatic hydroxyl groups is 1. The molecule has 5 rings (SSSR count). The third kappa shape index (κ3) is 3.84. The Kier molecular flexibility index (Phi) is 4.85. The second-order valence-corrected chi connectivity index (χ2v) is 10.9. The zero-order valence-corrected chi connectivity index (χ0v) is 17.8. The first-order valence-corrected chi connectivity index (χ1v) is 10.9. The van der Waals surface area contributed by atoms with Crippen molar-refractivity contribution in [2.45, 2.75) is 94.9 Å². The predicted octanol–water partition coefficient (Wildman–Crippen LogP) is 2.82. The molecule has 5 fully saturated rings. The summed E-state index contributed by atoms with van der Waals surface area (Å²) in [5.41, 5.74) is -1.94. The van der Waals surface area contributed by atoms with E-state index in [0.29, 0.717) is 31.2 Å². The highest BCUT2D eigenvalue weighted by molar-refractivity contribution is 5.83. The van der Waals surface area contributed by atoms with Crippen LogP contribution in [0.3, 0.4) is 0 Å².